The Morgan fingerprint density at radius 2 is 2.17 bits per heavy atom. The van der Waals surface area contributed by atoms with Crippen LogP contribution in [-0.2, 0) is 4.74 Å². The van der Waals surface area contributed by atoms with Crippen molar-refractivity contribution in [1.29, 1.82) is 0 Å². The van der Waals surface area contributed by atoms with Gasteiger partial charge in [0, 0.05) is 0 Å². The molecule has 0 radical (unpaired) electrons. The van der Waals surface area contributed by atoms with E-state index in [4.69, 9.17) is 9.84 Å². The summed E-state index contributed by atoms with van der Waals surface area (Å²) in [6.07, 6.45) is 4.40. The molecule has 1 heterocycles. The molecular formula is C10H18O2. The number of ether oxygens (including phenoxy) is 1. The number of allylic oxidation sites excluding steroid dienone is 1. The molecule has 0 aromatic rings. The maximum absolute atomic E-state index is 8.61. The summed E-state index contributed by atoms with van der Waals surface area (Å²) in [7, 11) is 0. The molecule has 1 rings (SSSR count). The largest absolute Gasteiger partial charge is 0.392 e. The highest BCUT2D eigenvalue weighted by atomic mass is 16.6. The first-order chi connectivity index (χ1) is 5.56. The van der Waals surface area contributed by atoms with Gasteiger partial charge in [0.05, 0.1) is 18.3 Å². The van der Waals surface area contributed by atoms with Crippen LogP contribution in [0.25, 0.3) is 0 Å². The second-order valence-corrected chi connectivity index (χ2v) is 3.98. The van der Waals surface area contributed by atoms with Gasteiger partial charge in [-0.2, -0.15) is 0 Å². The SMILES string of the molecule is CC(=CCO)CCC1OC1(C)C. The predicted octanol–water partition coefficient (Wildman–Crippen LogP) is 1.88. The standard InChI is InChI=1S/C10H18O2/c1-8(6-7-11)4-5-9-10(2,3)12-9/h6,9,11H,4-5,7H2,1-3H3. The van der Waals surface area contributed by atoms with Gasteiger partial charge in [0.25, 0.3) is 0 Å². The summed E-state index contributed by atoms with van der Waals surface area (Å²) in [5.74, 6) is 0. The predicted molar refractivity (Wildman–Crippen MR) is 49.0 cm³/mol. The highest BCUT2D eigenvalue weighted by Gasteiger charge is 2.46. The van der Waals surface area contributed by atoms with Crippen LogP contribution in [0.1, 0.15) is 33.6 Å². The summed E-state index contributed by atoms with van der Waals surface area (Å²) in [6.45, 7) is 6.43. The molecule has 0 amide bonds. The van der Waals surface area contributed by atoms with Crippen molar-refractivity contribution in [3.63, 3.8) is 0 Å². The van der Waals surface area contributed by atoms with Crippen LogP contribution in [0.3, 0.4) is 0 Å². The zero-order valence-electron chi connectivity index (χ0n) is 8.13. The Balaban J connectivity index is 2.15. The Bertz CT molecular complexity index is 182. The minimum Gasteiger partial charge on any atom is -0.392 e. The van der Waals surface area contributed by atoms with Crippen LogP contribution < -0.4 is 0 Å². The fourth-order valence-electron chi connectivity index (χ4n) is 1.36. The summed E-state index contributed by atoms with van der Waals surface area (Å²) < 4.78 is 5.44. The van der Waals surface area contributed by atoms with Crippen LogP contribution in [0.2, 0.25) is 0 Å². The van der Waals surface area contributed by atoms with Crippen molar-refractivity contribution in [3.05, 3.63) is 11.6 Å². The summed E-state index contributed by atoms with van der Waals surface area (Å²) in [5.41, 5.74) is 1.36. The van der Waals surface area contributed by atoms with Gasteiger partial charge in [-0.3, -0.25) is 0 Å². The molecular weight excluding hydrogens is 152 g/mol. The van der Waals surface area contributed by atoms with Crippen molar-refractivity contribution in [2.45, 2.75) is 45.3 Å². The van der Waals surface area contributed by atoms with Gasteiger partial charge in [-0.1, -0.05) is 11.6 Å². The van der Waals surface area contributed by atoms with E-state index in [9.17, 15) is 0 Å². The number of hydrogen-bond donors (Lipinski definition) is 1. The summed E-state index contributed by atoms with van der Waals surface area (Å²) in [6, 6.07) is 0. The van der Waals surface area contributed by atoms with Gasteiger partial charge in [-0.05, 0) is 33.6 Å². The van der Waals surface area contributed by atoms with Gasteiger partial charge < -0.3 is 9.84 Å². The third-order valence-electron chi connectivity index (χ3n) is 2.40. The van der Waals surface area contributed by atoms with Crippen LogP contribution in [0.4, 0.5) is 0 Å². The van der Waals surface area contributed by atoms with Crippen molar-refractivity contribution in [2.24, 2.45) is 0 Å². The second-order valence-electron chi connectivity index (χ2n) is 3.98. The van der Waals surface area contributed by atoms with Crippen molar-refractivity contribution >= 4 is 0 Å². The molecule has 2 heteroatoms. The van der Waals surface area contributed by atoms with E-state index in [1.807, 2.05) is 13.0 Å². The van der Waals surface area contributed by atoms with E-state index in [2.05, 4.69) is 13.8 Å². The lowest BCUT2D eigenvalue weighted by Crippen LogP contribution is -2.02. The molecule has 0 aliphatic carbocycles. The van der Waals surface area contributed by atoms with E-state index in [1.165, 1.54) is 5.57 Å². The van der Waals surface area contributed by atoms with E-state index >= 15 is 0 Å². The molecule has 1 N–H and O–H groups in total. The van der Waals surface area contributed by atoms with Crippen LogP contribution in [0.5, 0.6) is 0 Å². The summed E-state index contributed by atoms with van der Waals surface area (Å²) in [4.78, 5) is 0. The third-order valence-corrected chi connectivity index (χ3v) is 2.40. The molecule has 70 valence electrons. The van der Waals surface area contributed by atoms with E-state index in [-0.39, 0.29) is 12.2 Å². The fourth-order valence-corrected chi connectivity index (χ4v) is 1.36. The molecule has 1 atom stereocenters. The number of aliphatic hydroxyl groups excluding tert-OH is 1. The zero-order chi connectivity index (χ0) is 9.19. The number of rotatable bonds is 4. The molecule has 1 unspecified atom stereocenters. The molecule has 2 nitrogen and oxygen atoms in total. The van der Waals surface area contributed by atoms with Crippen molar-refractivity contribution in [2.75, 3.05) is 6.61 Å². The Morgan fingerprint density at radius 1 is 1.58 bits per heavy atom. The quantitative estimate of drug-likeness (QED) is 0.516. The maximum atomic E-state index is 8.61. The molecule has 1 aliphatic rings. The van der Waals surface area contributed by atoms with Crippen molar-refractivity contribution < 1.29 is 9.84 Å². The van der Waals surface area contributed by atoms with E-state index in [1.54, 1.807) is 0 Å². The molecule has 0 saturated carbocycles. The van der Waals surface area contributed by atoms with Gasteiger partial charge >= 0.3 is 0 Å². The molecule has 1 aliphatic heterocycles. The maximum Gasteiger partial charge on any atom is 0.0892 e. The highest BCUT2D eigenvalue weighted by Crippen LogP contribution is 2.38. The minimum absolute atomic E-state index is 0.111. The average Bonchev–Trinajstić information content (AvgIpc) is 2.56. The second kappa shape index (κ2) is 3.58. The summed E-state index contributed by atoms with van der Waals surface area (Å²) in [5, 5.41) is 8.61. The first kappa shape index (κ1) is 9.75. The Labute approximate surface area is 74.2 Å². The van der Waals surface area contributed by atoms with Crippen LogP contribution >= 0.6 is 0 Å². The fraction of sp³-hybridized carbons (Fsp3) is 0.800. The van der Waals surface area contributed by atoms with Crippen LogP contribution in [0.15, 0.2) is 11.6 Å². The number of hydrogen-bond acceptors (Lipinski definition) is 2. The van der Waals surface area contributed by atoms with Gasteiger partial charge in [0.2, 0.25) is 0 Å². The lowest BCUT2D eigenvalue weighted by Gasteiger charge is -1.98. The molecule has 0 aromatic heterocycles. The number of epoxide rings is 1. The average molecular weight is 170 g/mol. The monoisotopic (exact) mass is 170 g/mol. The number of aliphatic hydroxyl groups is 1. The van der Waals surface area contributed by atoms with E-state index in [0.717, 1.165) is 12.8 Å². The normalized spacial score (nSPS) is 27.3. The lowest BCUT2D eigenvalue weighted by atomic mass is 10.0. The van der Waals surface area contributed by atoms with E-state index < -0.39 is 0 Å². The first-order valence-electron chi connectivity index (χ1n) is 4.50. The van der Waals surface area contributed by atoms with Crippen molar-refractivity contribution in [1.82, 2.24) is 0 Å². The lowest BCUT2D eigenvalue weighted by molar-refractivity contribution is 0.319. The molecule has 0 bridgehead atoms. The van der Waals surface area contributed by atoms with Crippen molar-refractivity contribution in [3.8, 4) is 0 Å². The van der Waals surface area contributed by atoms with Gasteiger partial charge in [-0.25, -0.2) is 0 Å². The molecule has 1 saturated heterocycles. The Hall–Kier alpha value is -0.340. The highest BCUT2D eigenvalue weighted by molar-refractivity contribution is 5.02. The van der Waals surface area contributed by atoms with Gasteiger partial charge in [-0.15, -0.1) is 0 Å². The van der Waals surface area contributed by atoms with E-state index in [0.29, 0.717) is 6.10 Å². The van der Waals surface area contributed by atoms with Crippen LogP contribution in [0, 0.1) is 0 Å². The first-order valence-corrected chi connectivity index (χ1v) is 4.50. The smallest absolute Gasteiger partial charge is 0.0892 e. The minimum atomic E-state index is 0.111. The zero-order valence-corrected chi connectivity index (χ0v) is 8.13. The van der Waals surface area contributed by atoms with Crippen LogP contribution in [-0.4, -0.2) is 23.4 Å². The van der Waals surface area contributed by atoms with Gasteiger partial charge in [0.15, 0.2) is 0 Å². The Kier molecular flexibility index (Phi) is 2.91. The topological polar surface area (TPSA) is 32.8 Å². The summed E-state index contributed by atoms with van der Waals surface area (Å²) >= 11 is 0. The third kappa shape index (κ3) is 2.61. The molecule has 0 aromatic carbocycles. The Morgan fingerprint density at radius 3 is 2.58 bits per heavy atom. The molecule has 1 fully saturated rings. The molecule has 0 spiro atoms. The van der Waals surface area contributed by atoms with Gasteiger partial charge in [0.1, 0.15) is 0 Å². The molecule has 12 heavy (non-hydrogen) atoms.